The van der Waals surface area contributed by atoms with E-state index in [1.54, 1.807) is 0 Å². The van der Waals surface area contributed by atoms with Crippen molar-refractivity contribution in [1.82, 2.24) is 10.6 Å². The Hall–Kier alpha value is -2.13. The molecule has 0 saturated heterocycles. The van der Waals surface area contributed by atoms with Crippen LogP contribution in [0.5, 0.6) is 0 Å². The van der Waals surface area contributed by atoms with Crippen LogP contribution in [-0.4, -0.2) is 18.5 Å². The van der Waals surface area contributed by atoms with Gasteiger partial charge in [-0.15, -0.1) is 0 Å². The van der Waals surface area contributed by atoms with Gasteiger partial charge in [-0.2, -0.15) is 0 Å². The first-order valence-electron chi connectivity index (χ1n) is 8.23. The van der Waals surface area contributed by atoms with Gasteiger partial charge in [-0.05, 0) is 43.0 Å². The van der Waals surface area contributed by atoms with Crippen LogP contribution in [-0.2, 0) is 24.2 Å². The molecule has 23 heavy (non-hydrogen) atoms. The van der Waals surface area contributed by atoms with E-state index in [2.05, 4.69) is 72.2 Å². The number of carbonyl (C=O) groups is 1. The fourth-order valence-corrected chi connectivity index (χ4v) is 2.55. The minimum atomic E-state index is 0.00492. The third-order valence-electron chi connectivity index (χ3n) is 3.86. The first kappa shape index (κ1) is 17.2. The van der Waals surface area contributed by atoms with Gasteiger partial charge in [0.15, 0.2) is 0 Å². The number of carbonyl (C=O) groups excluding carboxylic acids is 1. The Morgan fingerprint density at radius 3 is 2.26 bits per heavy atom. The Bertz CT molecular complexity index is 593. The van der Waals surface area contributed by atoms with E-state index in [-0.39, 0.29) is 5.91 Å². The van der Waals surface area contributed by atoms with Gasteiger partial charge in [-0.1, -0.05) is 54.6 Å². The Morgan fingerprint density at radius 2 is 1.61 bits per heavy atom. The molecule has 0 aliphatic heterocycles. The van der Waals surface area contributed by atoms with Gasteiger partial charge in [0.05, 0.1) is 0 Å². The van der Waals surface area contributed by atoms with Crippen molar-refractivity contribution in [3.05, 3.63) is 71.3 Å². The number of rotatable bonds is 8. The number of nitrogens with one attached hydrogen (secondary N) is 2. The largest absolute Gasteiger partial charge is 0.352 e. The van der Waals surface area contributed by atoms with Crippen LogP contribution in [0.1, 0.15) is 30.5 Å². The van der Waals surface area contributed by atoms with E-state index in [1.165, 1.54) is 18.1 Å². The maximum Gasteiger partial charge on any atom is 0.217 e. The van der Waals surface area contributed by atoms with E-state index in [4.69, 9.17) is 0 Å². The standard InChI is InChI=1S/C20H26N2O/c1-16(21-13-12-18-6-4-3-5-7-18)14-19-8-10-20(11-9-19)15-22-17(2)23/h3-11,16,21H,12-15H2,1-2H3,(H,22,23). The SMILES string of the molecule is CC(=O)NCc1ccc(CC(C)NCCc2ccccc2)cc1. The zero-order valence-corrected chi connectivity index (χ0v) is 14.0. The molecule has 122 valence electrons. The highest BCUT2D eigenvalue weighted by Crippen LogP contribution is 2.07. The third kappa shape index (κ3) is 6.66. The van der Waals surface area contributed by atoms with Crippen molar-refractivity contribution in [1.29, 1.82) is 0 Å². The lowest BCUT2D eigenvalue weighted by molar-refractivity contribution is -0.119. The monoisotopic (exact) mass is 310 g/mol. The molecule has 3 heteroatoms. The Labute approximate surface area is 139 Å². The van der Waals surface area contributed by atoms with Gasteiger partial charge in [-0.3, -0.25) is 4.79 Å². The van der Waals surface area contributed by atoms with E-state index in [0.717, 1.165) is 24.9 Å². The van der Waals surface area contributed by atoms with Crippen molar-refractivity contribution in [3.63, 3.8) is 0 Å². The average molecular weight is 310 g/mol. The molecule has 1 atom stereocenters. The highest BCUT2D eigenvalue weighted by molar-refractivity contribution is 5.72. The second-order valence-electron chi connectivity index (χ2n) is 6.02. The summed E-state index contributed by atoms with van der Waals surface area (Å²) in [6.45, 7) is 5.35. The quantitative estimate of drug-likeness (QED) is 0.787. The van der Waals surface area contributed by atoms with Gasteiger partial charge >= 0.3 is 0 Å². The molecule has 2 rings (SSSR count). The van der Waals surface area contributed by atoms with Gasteiger partial charge in [0.1, 0.15) is 0 Å². The number of hydrogen-bond acceptors (Lipinski definition) is 2. The molecule has 0 aliphatic carbocycles. The first-order valence-corrected chi connectivity index (χ1v) is 8.23. The Kier molecular flexibility index (Phi) is 6.82. The minimum absolute atomic E-state index is 0.00492. The highest BCUT2D eigenvalue weighted by atomic mass is 16.1. The van der Waals surface area contributed by atoms with Crippen LogP contribution >= 0.6 is 0 Å². The summed E-state index contributed by atoms with van der Waals surface area (Å²) >= 11 is 0. The van der Waals surface area contributed by atoms with Crippen molar-refractivity contribution < 1.29 is 4.79 Å². The summed E-state index contributed by atoms with van der Waals surface area (Å²) in [5, 5.41) is 6.39. The van der Waals surface area contributed by atoms with Crippen molar-refractivity contribution in [2.24, 2.45) is 0 Å². The molecule has 0 spiro atoms. The van der Waals surface area contributed by atoms with Crippen molar-refractivity contribution in [2.45, 2.75) is 39.3 Å². The van der Waals surface area contributed by atoms with E-state index in [9.17, 15) is 4.79 Å². The first-order chi connectivity index (χ1) is 11.1. The zero-order chi connectivity index (χ0) is 16.5. The second kappa shape index (κ2) is 9.11. The molecule has 0 radical (unpaired) electrons. The molecule has 3 nitrogen and oxygen atoms in total. The van der Waals surface area contributed by atoms with Crippen LogP contribution in [0.25, 0.3) is 0 Å². The van der Waals surface area contributed by atoms with Crippen LogP contribution in [0.4, 0.5) is 0 Å². The molecule has 2 N–H and O–H groups in total. The molecule has 0 aliphatic rings. The van der Waals surface area contributed by atoms with E-state index < -0.39 is 0 Å². The lowest BCUT2D eigenvalue weighted by atomic mass is 10.0. The van der Waals surface area contributed by atoms with E-state index in [1.807, 2.05) is 0 Å². The van der Waals surface area contributed by atoms with Crippen LogP contribution in [0.15, 0.2) is 54.6 Å². The fourth-order valence-electron chi connectivity index (χ4n) is 2.55. The Morgan fingerprint density at radius 1 is 0.957 bits per heavy atom. The maximum absolute atomic E-state index is 10.9. The zero-order valence-electron chi connectivity index (χ0n) is 14.0. The molecule has 1 amide bonds. The second-order valence-corrected chi connectivity index (χ2v) is 6.02. The summed E-state index contributed by atoms with van der Waals surface area (Å²) in [6, 6.07) is 19.5. The maximum atomic E-state index is 10.9. The lowest BCUT2D eigenvalue weighted by Gasteiger charge is -2.14. The van der Waals surface area contributed by atoms with Gasteiger partial charge in [0.25, 0.3) is 0 Å². The number of hydrogen-bond donors (Lipinski definition) is 2. The summed E-state index contributed by atoms with van der Waals surface area (Å²) < 4.78 is 0. The molecule has 0 heterocycles. The molecule has 1 unspecified atom stereocenters. The summed E-state index contributed by atoms with van der Waals surface area (Å²) in [5.41, 5.74) is 3.82. The predicted octanol–water partition coefficient (Wildman–Crippen LogP) is 3.09. The molecule has 0 bridgehead atoms. The van der Waals surface area contributed by atoms with Gasteiger partial charge in [0.2, 0.25) is 5.91 Å². The van der Waals surface area contributed by atoms with E-state index >= 15 is 0 Å². The van der Waals surface area contributed by atoms with Crippen LogP contribution in [0.3, 0.4) is 0 Å². The van der Waals surface area contributed by atoms with Crippen molar-refractivity contribution in [2.75, 3.05) is 6.54 Å². The smallest absolute Gasteiger partial charge is 0.217 e. The molecular formula is C20H26N2O. The third-order valence-corrected chi connectivity index (χ3v) is 3.86. The average Bonchev–Trinajstić information content (AvgIpc) is 2.55. The minimum Gasteiger partial charge on any atom is -0.352 e. The van der Waals surface area contributed by atoms with Crippen LogP contribution < -0.4 is 10.6 Å². The van der Waals surface area contributed by atoms with Crippen LogP contribution in [0, 0.1) is 0 Å². The van der Waals surface area contributed by atoms with Gasteiger partial charge < -0.3 is 10.6 Å². The summed E-state index contributed by atoms with van der Waals surface area (Å²) in [5.74, 6) is 0.00492. The van der Waals surface area contributed by atoms with Crippen LogP contribution in [0.2, 0.25) is 0 Å². The molecule has 0 saturated carbocycles. The van der Waals surface area contributed by atoms with Crippen molar-refractivity contribution >= 4 is 5.91 Å². The number of benzene rings is 2. The highest BCUT2D eigenvalue weighted by Gasteiger charge is 2.03. The topological polar surface area (TPSA) is 41.1 Å². The van der Waals surface area contributed by atoms with Gasteiger partial charge in [0, 0.05) is 19.5 Å². The molecule has 0 fully saturated rings. The molecule has 0 aromatic heterocycles. The van der Waals surface area contributed by atoms with Crippen molar-refractivity contribution in [3.8, 4) is 0 Å². The summed E-state index contributed by atoms with van der Waals surface area (Å²) in [7, 11) is 0. The summed E-state index contributed by atoms with van der Waals surface area (Å²) in [6.07, 6.45) is 2.07. The van der Waals surface area contributed by atoms with E-state index in [0.29, 0.717) is 12.6 Å². The molecule has 2 aromatic carbocycles. The number of amides is 1. The normalized spacial score (nSPS) is 11.9. The Balaban J connectivity index is 1.72. The lowest BCUT2D eigenvalue weighted by Crippen LogP contribution is -2.30. The summed E-state index contributed by atoms with van der Waals surface area (Å²) in [4.78, 5) is 10.9. The fraction of sp³-hybridized carbons (Fsp3) is 0.350. The molecular weight excluding hydrogens is 284 g/mol. The van der Waals surface area contributed by atoms with Gasteiger partial charge in [-0.25, -0.2) is 0 Å². The predicted molar refractivity (Wildman–Crippen MR) is 95.3 cm³/mol. The molecule has 2 aromatic rings.